The molecule has 0 aromatic carbocycles. The zero-order chi connectivity index (χ0) is 9.68. The highest BCUT2D eigenvalue weighted by atomic mass is 35.5. The van der Waals surface area contributed by atoms with Crippen LogP contribution in [0.25, 0.3) is 0 Å². The third kappa shape index (κ3) is 4.20. The molecule has 0 saturated heterocycles. The van der Waals surface area contributed by atoms with E-state index in [4.69, 9.17) is 11.6 Å². The lowest BCUT2D eigenvalue weighted by Crippen LogP contribution is -2.15. The van der Waals surface area contributed by atoms with Crippen LogP contribution in [0.5, 0.6) is 0 Å². The first-order valence-corrected chi connectivity index (χ1v) is 6.74. The van der Waals surface area contributed by atoms with Gasteiger partial charge >= 0.3 is 0 Å². The molecule has 0 aliphatic heterocycles. The van der Waals surface area contributed by atoms with Crippen LogP contribution >= 0.6 is 34.7 Å². The van der Waals surface area contributed by atoms with E-state index in [1.54, 1.807) is 11.3 Å². The van der Waals surface area contributed by atoms with Crippen molar-refractivity contribution in [2.45, 2.75) is 19.4 Å². The van der Waals surface area contributed by atoms with Gasteiger partial charge in [-0.3, -0.25) is 0 Å². The molecule has 1 N–H and O–H groups in total. The molecular weight excluding hydrogens is 224 g/mol. The van der Waals surface area contributed by atoms with Crippen LogP contribution in [0.1, 0.15) is 13.3 Å². The van der Waals surface area contributed by atoms with Crippen LogP contribution in [0.2, 0.25) is 5.15 Å². The Balaban J connectivity index is 2.31. The number of nitrogens with one attached hydrogen (secondary N) is 1. The Morgan fingerprint density at radius 3 is 3.08 bits per heavy atom. The molecule has 0 amide bonds. The second kappa shape index (κ2) is 5.73. The maximum absolute atomic E-state index is 5.70. The Labute approximate surface area is 92.1 Å². The Morgan fingerprint density at radius 2 is 2.54 bits per heavy atom. The molecule has 1 heterocycles. The van der Waals surface area contributed by atoms with Gasteiger partial charge in [0.05, 0.1) is 0 Å². The highest BCUT2D eigenvalue weighted by molar-refractivity contribution is 7.98. The summed E-state index contributed by atoms with van der Waals surface area (Å²) in [6.07, 6.45) is 3.27. The first kappa shape index (κ1) is 11.1. The largest absolute Gasteiger partial charge is 0.359 e. The maximum atomic E-state index is 5.70. The summed E-state index contributed by atoms with van der Waals surface area (Å²) >= 11 is 9.12. The Bertz CT molecular complexity index is 252. The van der Waals surface area contributed by atoms with E-state index in [2.05, 4.69) is 23.5 Å². The zero-order valence-corrected chi connectivity index (χ0v) is 10.1. The van der Waals surface area contributed by atoms with Gasteiger partial charge in [-0.25, -0.2) is 4.98 Å². The molecule has 0 bridgehead atoms. The fourth-order valence-electron chi connectivity index (χ4n) is 0.898. The lowest BCUT2D eigenvalue weighted by Gasteiger charge is -2.11. The van der Waals surface area contributed by atoms with Gasteiger partial charge in [0.25, 0.3) is 0 Å². The Morgan fingerprint density at radius 1 is 1.77 bits per heavy atom. The molecule has 13 heavy (non-hydrogen) atoms. The summed E-state index contributed by atoms with van der Waals surface area (Å²) in [4.78, 5) is 4.12. The summed E-state index contributed by atoms with van der Waals surface area (Å²) in [5, 5.41) is 6.63. The van der Waals surface area contributed by atoms with Crippen LogP contribution in [-0.2, 0) is 0 Å². The molecule has 74 valence electrons. The molecule has 0 fully saturated rings. The van der Waals surface area contributed by atoms with Gasteiger partial charge in [0.15, 0.2) is 5.13 Å². The van der Waals surface area contributed by atoms with Crippen LogP contribution in [0, 0.1) is 0 Å². The van der Waals surface area contributed by atoms with Crippen molar-refractivity contribution >= 4 is 39.8 Å². The van der Waals surface area contributed by atoms with Gasteiger partial charge in [0, 0.05) is 11.4 Å². The van der Waals surface area contributed by atoms with Gasteiger partial charge in [0.1, 0.15) is 5.15 Å². The summed E-state index contributed by atoms with van der Waals surface area (Å²) < 4.78 is 0. The van der Waals surface area contributed by atoms with Crippen LogP contribution in [0.15, 0.2) is 5.38 Å². The molecule has 1 rings (SSSR count). The van der Waals surface area contributed by atoms with Crippen molar-refractivity contribution < 1.29 is 0 Å². The van der Waals surface area contributed by atoms with Crippen molar-refractivity contribution in [2.24, 2.45) is 0 Å². The summed E-state index contributed by atoms with van der Waals surface area (Å²) in [6, 6.07) is 0.467. The lowest BCUT2D eigenvalue weighted by molar-refractivity contribution is 0.771. The predicted molar refractivity (Wildman–Crippen MR) is 63.2 cm³/mol. The SMILES string of the molecule is CSCCC(C)Nc1nc(Cl)cs1. The van der Waals surface area contributed by atoms with E-state index in [0.29, 0.717) is 11.2 Å². The zero-order valence-electron chi connectivity index (χ0n) is 7.71. The summed E-state index contributed by atoms with van der Waals surface area (Å²) in [5.41, 5.74) is 0. The monoisotopic (exact) mass is 236 g/mol. The lowest BCUT2D eigenvalue weighted by atomic mass is 10.3. The second-order valence-corrected chi connectivity index (χ2v) is 5.03. The molecule has 0 aliphatic carbocycles. The molecule has 2 nitrogen and oxygen atoms in total. The standard InChI is InChI=1S/C8H13ClN2S2/c1-6(3-4-12-2)10-8-11-7(9)5-13-8/h5-6H,3-4H2,1-2H3,(H,10,11). The van der Waals surface area contributed by atoms with E-state index < -0.39 is 0 Å². The van der Waals surface area contributed by atoms with Crippen LogP contribution in [0.4, 0.5) is 5.13 Å². The maximum Gasteiger partial charge on any atom is 0.184 e. The van der Waals surface area contributed by atoms with Gasteiger partial charge in [-0.05, 0) is 25.4 Å². The highest BCUT2D eigenvalue weighted by Crippen LogP contribution is 2.20. The number of hydrogen-bond donors (Lipinski definition) is 1. The average molecular weight is 237 g/mol. The van der Waals surface area contributed by atoms with Crippen molar-refractivity contribution in [3.63, 3.8) is 0 Å². The summed E-state index contributed by atoms with van der Waals surface area (Å²) in [6.45, 7) is 2.16. The summed E-state index contributed by atoms with van der Waals surface area (Å²) in [7, 11) is 0. The molecule has 1 unspecified atom stereocenters. The summed E-state index contributed by atoms with van der Waals surface area (Å²) in [5.74, 6) is 1.17. The highest BCUT2D eigenvalue weighted by Gasteiger charge is 2.04. The Kier molecular flexibility index (Phi) is 4.91. The minimum atomic E-state index is 0.467. The van der Waals surface area contributed by atoms with E-state index in [-0.39, 0.29) is 0 Å². The van der Waals surface area contributed by atoms with Crippen LogP contribution < -0.4 is 5.32 Å². The molecule has 1 aromatic heterocycles. The van der Waals surface area contributed by atoms with Crippen molar-refractivity contribution in [3.05, 3.63) is 10.5 Å². The van der Waals surface area contributed by atoms with E-state index in [0.717, 1.165) is 11.6 Å². The van der Waals surface area contributed by atoms with Gasteiger partial charge in [-0.2, -0.15) is 11.8 Å². The molecule has 0 aliphatic rings. The number of hydrogen-bond acceptors (Lipinski definition) is 4. The van der Waals surface area contributed by atoms with Gasteiger partial charge in [-0.15, -0.1) is 11.3 Å². The minimum Gasteiger partial charge on any atom is -0.359 e. The van der Waals surface area contributed by atoms with Crippen molar-refractivity contribution in [3.8, 4) is 0 Å². The molecule has 1 atom stereocenters. The van der Waals surface area contributed by atoms with Gasteiger partial charge in [-0.1, -0.05) is 11.6 Å². The minimum absolute atomic E-state index is 0.467. The molecule has 0 spiro atoms. The molecule has 1 aromatic rings. The normalized spacial score (nSPS) is 12.8. The number of nitrogens with zero attached hydrogens (tertiary/aromatic N) is 1. The van der Waals surface area contributed by atoms with Crippen molar-refractivity contribution in [1.82, 2.24) is 4.98 Å². The van der Waals surface area contributed by atoms with E-state index in [9.17, 15) is 0 Å². The fraction of sp³-hybridized carbons (Fsp3) is 0.625. The number of anilines is 1. The smallest absolute Gasteiger partial charge is 0.184 e. The van der Waals surface area contributed by atoms with Gasteiger partial charge < -0.3 is 5.32 Å². The van der Waals surface area contributed by atoms with E-state index in [1.807, 2.05) is 17.1 Å². The second-order valence-electron chi connectivity index (χ2n) is 2.80. The van der Waals surface area contributed by atoms with Crippen molar-refractivity contribution in [2.75, 3.05) is 17.3 Å². The first-order chi connectivity index (χ1) is 6.22. The van der Waals surface area contributed by atoms with Crippen LogP contribution in [-0.4, -0.2) is 23.0 Å². The Hall–Kier alpha value is 0.0700. The quantitative estimate of drug-likeness (QED) is 0.849. The van der Waals surface area contributed by atoms with Crippen LogP contribution in [0.3, 0.4) is 0 Å². The molecular formula is C8H13ClN2S2. The van der Waals surface area contributed by atoms with E-state index in [1.165, 1.54) is 5.75 Å². The first-order valence-electron chi connectivity index (χ1n) is 4.09. The van der Waals surface area contributed by atoms with Crippen molar-refractivity contribution in [1.29, 1.82) is 0 Å². The molecule has 0 radical (unpaired) electrons. The van der Waals surface area contributed by atoms with E-state index >= 15 is 0 Å². The number of thiazole rings is 1. The van der Waals surface area contributed by atoms with Gasteiger partial charge in [0.2, 0.25) is 0 Å². The molecule has 5 heteroatoms. The third-order valence-electron chi connectivity index (χ3n) is 1.60. The number of aromatic nitrogens is 1. The third-order valence-corrected chi connectivity index (χ3v) is 3.34. The number of halogens is 1. The number of thioether (sulfide) groups is 1. The molecule has 0 saturated carbocycles. The topological polar surface area (TPSA) is 24.9 Å². The predicted octanol–water partition coefficient (Wildman–Crippen LogP) is 3.35. The number of rotatable bonds is 5. The average Bonchev–Trinajstić information content (AvgIpc) is 2.48. The fourth-order valence-corrected chi connectivity index (χ4v) is 2.44.